The van der Waals surface area contributed by atoms with Gasteiger partial charge >= 0.3 is 0 Å². The lowest BCUT2D eigenvalue weighted by Gasteiger charge is -2.27. The Morgan fingerprint density at radius 3 is 3.00 bits per heavy atom. The standard InChI is InChI=1S/C13H26N2O3/c1-15(10-12-6-3-4-9-18-12)11-13(16)14-7-5-8-17-2/h12H,3-11H2,1-2H3,(H,14,16). The molecule has 1 fully saturated rings. The number of hydrogen-bond donors (Lipinski definition) is 1. The van der Waals surface area contributed by atoms with Crippen LogP contribution in [0.2, 0.25) is 0 Å². The molecule has 1 unspecified atom stereocenters. The molecule has 1 saturated heterocycles. The lowest BCUT2D eigenvalue weighted by Crippen LogP contribution is -2.40. The summed E-state index contributed by atoms with van der Waals surface area (Å²) in [6.45, 7) is 3.51. The van der Waals surface area contributed by atoms with E-state index in [0.29, 0.717) is 25.8 Å². The second-order valence-electron chi connectivity index (χ2n) is 4.88. The predicted octanol–water partition coefficient (Wildman–Crippen LogP) is 0.640. The normalized spacial score (nSPS) is 20.1. The van der Waals surface area contributed by atoms with E-state index in [-0.39, 0.29) is 5.91 Å². The number of ether oxygens (including phenoxy) is 2. The topological polar surface area (TPSA) is 50.8 Å². The Morgan fingerprint density at radius 2 is 2.33 bits per heavy atom. The van der Waals surface area contributed by atoms with Crippen LogP contribution in [0.5, 0.6) is 0 Å². The van der Waals surface area contributed by atoms with Crippen LogP contribution in [-0.2, 0) is 14.3 Å². The summed E-state index contributed by atoms with van der Waals surface area (Å²) in [5, 5.41) is 2.88. The molecule has 5 nitrogen and oxygen atoms in total. The second kappa shape index (κ2) is 9.30. The smallest absolute Gasteiger partial charge is 0.234 e. The van der Waals surface area contributed by atoms with Gasteiger partial charge in [0, 0.05) is 33.4 Å². The third-order valence-corrected chi connectivity index (χ3v) is 3.05. The molecule has 0 radical (unpaired) electrons. The fraction of sp³-hybridized carbons (Fsp3) is 0.923. The Hall–Kier alpha value is -0.650. The van der Waals surface area contributed by atoms with Gasteiger partial charge in [-0.15, -0.1) is 0 Å². The van der Waals surface area contributed by atoms with E-state index in [4.69, 9.17) is 9.47 Å². The maximum Gasteiger partial charge on any atom is 0.234 e. The van der Waals surface area contributed by atoms with Gasteiger partial charge in [0.15, 0.2) is 0 Å². The van der Waals surface area contributed by atoms with Crippen LogP contribution in [-0.4, -0.2) is 63.9 Å². The molecule has 0 saturated carbocycles. The highest BCUT2D eigenvalue weighted by Crippen LogP contribution is 2.13. The molecule has 0 spiro atoms. The molecule has 0 bridgehead atoms. The molecule has 1 aliphatic rings. The summed E-state index contributed by atoms with van der Waals surface area (Å²) in [6.07, 6.45) is 4.67. The van der Waals surface area contributed by atoms with Crippen LogP contribution in [0, 0.1) is 0 Å². The number of methoxy groups -OCH3 is 1. The number of nitrogens with zero attached hydrogens (tertiary/aromatic N) is 1. The van der Waals surface area contributed by atoms with Crippen molar-refractivity contribution in [1.29, 1.82) is 0 Å². The Morgan fingerprint density at radius 1 is 1.50 bits per heavy atom. The van der Waals surface area contributed by atoms with Gasteiger partial charge in [0.1, 0.15) is 0 Å². The van der Waals surface area contributed by atoms with Crippen molar-refractivity contribution in [3.63, 3.8) is 0 Å². The van der Waals surface area contributed by atoms with Crippen LogP contribution >= 0.6 is 0 Å². The number of rotatable bonds is 8. The third-order valence-electron chi connectivity index (χ3n) is 3.05. The Labute approximate surface area is 110 Å². The Kier molecular flexibility index (Phi) is 7.96. The van der Waals surface area contributed by atoms with Crippen molar-refractivity contribution in [2.24, 2.45) is 0 Å². The first-order valence-corrected chi connectivity index (χ1v) is 6.78. The molecule has 1 amide bonds. The summed E-state index contributed by atoms with van der Waals surface area (Å²) in [6, 6.07) is 0. The molecule has 1 heterocycles. The van der Waals surface area contributed by atoms with Crippen LogP contribution in [0.3, 0.4) is 0 Å². The summed E-state index contributed by atoms with van der Waals surface area (Å²) in [4.78, 5) is 13.7. The van der Waals surface area contributed by atoms with Crippen molar-refractivity contribution in [3.8, 4) is 0 Å². The zero-order chi connectivity index (χ0) is 13.2. The van der Waals surface area contributed by atoms with Gasteiger partial charge in [0.25, 0.3) is 0 Å². The lowest BCUT2D eigenvalue weighted by molar-refractivity contribution is -0.122. The maximum absolute atomic E-state index is 11.6. The summed E-state index contributed by atoms with van der Waals surface area (Å²) in [5.41, 5.74) is 0. The number of likely N-dealkylation sites (N-methyl/N-ethyl adjacent to an activating group) is 1. The minimum atomic E-state index is 0.0735. The van der Waals surface area contributed by atoms with Gasteiger partial charge in [0.05, 0.1) is 12.6 Å². The number of carbonyl (C=O) groups excluding carboxylic acids is 1. The van der Waals surface area contributed by atoms with Gasteiger partial charge in [-0.3, -0.25) is 9.69 Å². The largest absolute Gasteiger partial charge is 0.385 e. The first-order valence-electron chi connectivity index (χ1n) is 6.78. The summed E-state index contributed by atoms with van der Waals surface area (Å²) in [7, 11) is 3.63. The minimum Gasteiger partial charge on any atom is -0.385 e. The molecule has 1 atom stereocenters. The average Bonchev–Trinajstić information content (AvgIpc) is 2.35. The van der Waals surface area contributed by atoms with Crippen molar-refractivity contribution < 1.29 is 14.3 Å². The zero-order valence-corrected chi connectivity index (χ0v) is 11.6. The van der Waals surface area contributed by atoms with Crippen LogP contribution in [0.15, 0.2) is 0 Å². The molecule has 5 heteroatoms. The van der Waals surface area contributed by atoms with Crippen molar-refractivity contribution in [2.45, 2.75) is 31.8 Å². The highest BCUT2D eigenvalue weighted by atomic mass is 16.5. The van der Waals surface area contributed by atoms with E-state index in [1.165, 1.54) is 12.8 Å². The van der Waals surface area contributed by atoms with Gasteiger partial charge in [-0.1, -0.05) is 0 Å². The quantitative estimate of drug-likeness (QED) is 0.649. The highest BCUT2D eigenvalue weighted by molar-refractivity contribution is 5.77. The molecule has 1 aliphatic heterocycles. The van der Waals surface area contributed by atoms with E-state index in [0.717, 1.165) is 26.0 Å². The number of hydrogen-bond acceptors (Lipinski definition) is 4. The molecule has 0 aromatic carbocycles. The van der Waals surface area contributed by atoms with Gasteiger partial charge in [0.2, 0.25) is 5.91 Å². The first kappa shape index (κ1) is 15.4. The molecule has 1 N–H and O–H groups in total. The Balaban J connectivity index is 2.06. The van der Waals surface area contributed by atoms with E-state index in [1.807, 2.05) is 11.9 Å². The number of nitrogens with one attached hydrogen (secondary N) is 1. The van der Waals surface area contributed by atoms with Crippen molar-refractivity contribution >= 4 is 5.91 Å². The SMILES string of the molecule is COCCCNC(=O)CN(C)CC1CCCCO1. The monoisotopic (exact) mass is 258 g/mol. The van der Waals surface area contributed by atoms with E-state index < -0.39 is 0 Å². The molecule has 1 rings (SSSR count). The molecule has 18 heavy (non-hydrogen) atoms. The fourth-order valence-electron chi connectivity index (χ4n) is 2.11. The third kappa shape index (κ3) is 6.93. The van der Waals surface area contributed by atoms with E-state index in [9.17, 15) is 4.79 Å². The van der Waals surface area contributed by atoms with Gasteiger partial charge in [-0.25, -0.2) is 0 Å². The maximum atomic E-state index is 11.6. The Bertz CT molecular complexity index is 230. The zero-order valence-electron chi connectivity index (χ0n) is 11.6. The van der Waals surface area contributed by atoms with Crippen LogP contribution < -0.4 is 5.32 Å². The molecule has 0 aromatic rings. The van der Waals surface area contributed by atoms with Crippen LogP contribution in [0.4, 0.5) is 0 Å². The fourth-order valence-corrected chi connectivity index (χ4v) is 2.11. The molecular formula is C13H26N2O3. The molecule has 106 valence electrons. The summed E-state index contributed by atoms with van der Waals surface area (Å²) < 4.78 is 10.6. The van der Waals surface area contributed by atoms with Crippen molar-refractivity contribution in [2.75, 3.05) is 47.0 Å². The molecular weight excluding hydrogens is 232 g/mol. The van der Waals surface area contributed by atoms with Crippen LogP contribution in [0.1, 0.15) is 25.7 Å². The number of carbonyl (C=O) groups is 1. The second-order valence-corrected chi connectivity index (χ2v) is 4.88. The van der Waals surface area contributed by atoms with Crippen LogP contribution in [0.25, 0.3) is 0 Å². The number of amides is 1. The highest BCUT2D eigenvalue weighted by Gasteiger charge is 2.16. The van der Waals surface area contributed by atoms with E-state index >= 15 is 0 Å². The summed E-state index contributed by atoms with van der Waals surface area (Å²) >= 11 is 0. The van der Waals surface area contributed by atoms with Gasteiger partial charge < -0.3 is 14.8 Å². The van der Waals surface area contributed by atoms with Gasteiger partial charge in [-0.05, 0) is 32.7 Å². The first-order chi connectivity index (χ1) is 8.72. The predicted molar refractivity (Wildman–Crippen MR) is 70.6 cm³/mol. The van der Waals surface area contributed by atoms with Crippen molar-refractivity contribution in [3.05, 3.63) is 0 Å². The molecule has 0 aromatic heterocycles. The molecule has 0 aliphatic carbocycles. The lowest BCUT2D eigenvalue weighted by atomic mass is 10.1. The van der Waals surface area contributed by atoms with Gasteiger partial charge in [-0.2, -0.15) is 0 Å². The van der Waals surface area contributed by atoms with Crippen molar-refractivity contribution in [1.82, 2.24) is 10.2 Å². The minimum absolute atomic E-state index is 0.0735. The van der Waals surface area contributed by atoms with E-state index in [2.05, 4.69) is 5.32 Å². The average molecular weight is 258 g/mol. The van der Waals surface area contributed by atoms with E-state index in [1.54, 1.807) is 7.11 Å². The summed E-state index contributed by atoms with van der Waals surface area (Å²) in [5.74, 6) is 0.0735.